The first-order valence-corrected chi connectivity index (χ1v) is 7.68. The van der Waals surface area contributed by atoms with Crippen molar-refractivity contribution in [1.29, 1.82) is 0 Å². The van der Waals surface area contributed by atoms with Crippen molar-refractivity contribution in [3.8, 4) is 5.75 Å². The van der Waals surface area contributed by atoms with Gasteiger partial charge in [0.1, 0.15) is 5.75 Å². The van der Waals surface area contributed by atoms with Crippen LogP contribution in [-0.4, -0.2) is 22.9 Å². The lowest BCUT2D eigenvalue weighted by Gasteiger charge is -2.07. The fourth-order valence-corrected chi connectivity index (χ4v) is 1.98. The predicted octanol–water partition coefficient (Wildman–Crippen LogP) is 2.33. The molecule has 1 aromatic rings. The van der Waals surface area contributed by atoms with Crippen molar-refractivity contribution in [2.45, 2.75) is 58.4 Å². The molecule has 0 saturated carbocycles. The van der Waals surface area contributed by atoms with Gasteiger partial charge in [-0.3, -0.25) is 4.79 Å². The molecule has 0 fully saturated rings. The molecule has 1 heterocycles. The third-order valence-electron chi connectivity index (χ3n) is 3.19. The standard InChI is InChI=1S/C15H27N3O2/c1-2-3-4-5-6-7-10-18-15(19)12-14(13-17-18)20-11-8-9-16/h12-13H,2-11,16H2,1H3. The SMILES string of the molecule is CCCCCCCCn1ncc(OCCCN)cc1=O. The molecule has 0 radical (unpaired) electrons. The minimum atomic E-state index is -0.0937. The van der Waals surface area contributed by atoms with Crippen molar-refractivity contribution < 1.29 is 4.74 Å². The topological polar surface area (TPSA) is 70.1 Å². The van der Waals surface area contributed by atoms with E-state index in [1.54, 1.807) is 6.20 Å². The highest BCUT2D eigenvalue weighted by Gasteiger charge is 2.01. The molecular formula is C15H27N3O2. The van der Waals surface area contributed by atoms with Gasteiger partial charge in [-0.15, -0.1) is 0 Å². The van der Waals surface area contributed by atoms with Gasteiger partial charge in [0.05, 0.1) is 12.8 Å². The van der Waals surface area contributed by atoms with Crippen LogP contribution in [0.2, 0.25) is 0 Å². The highest BCUT2D eigenvalue weighted by Crippen LogP contribution is 2.07. The third-order valence-corrected chi connectivity index (χ3v) is 3.19. The average Bonchev–Trinajstić information content (AvgIpc) is 2.45. The van der Waals surface area contributed by atoms with E-state index in [9.17, 15) is 4.79 Å². The highest BCUT2D eigenvalue weighted by atomic mass is 16.5. The van der Waals surface area contributed by atoms with Crippen LogP contribution in [0.1, 0.15) is 51.9 Å². The summed E-state index contributed by atoms with van der Waals surface area (Å²) >= 11 is 0. The van der Waals surface area contributed by atoms with E-state index in [0.29, 0.717) is 25.4 Å². The summed E-state index contributed by atoms with van der Waals surface area (Å²) in [6.07, 6.45) is 9.62. The Hall–Kier alpha value is -1.36. The molecule has 0 aliphatic rings. The molecule has 5 nitrogen and oxygen atoms in total. The Morgan fingerprint density at radius 3 is 2.65 bits per heavy atom. The Kier molecular flexibility index (Phi) is 8.71. The summed E-state index contributed by atoms with van der Waals surface area (Å²) in [6.45, 7) is 4.01. The van der Waals surface area contributed by atoms with E-state index in [0.717, 1.165) is 19.3 Å². The van der Waals surface area contributed by atoms with Gasteiger partial charge in [0, 0.05) is 12.6 Å². The molecule has 5 heteroatoms. The molecule has 0 spiro atoms. The van der Waals surface area contributed by atoms with Crippen LogP contribution in [0.25, 0.3) is 0 Å². The quantitative estimate of drug-likeness (QED) is 0.632. The lowest BCUT2D eigenvalue weighted by Crippen LogP contribution is -2.22. The number of hydrogen-bond donors (Lipinski definition) is 1. The highest BCUT2D eigenvalue weighted by molar-refractivity contribution is 5.13. The van der Waals surface area contributed by atoms with Crippen LogP contribution in [0.4, 0.5) is 0 Å². The fraction of sp³-hybridized carbons (Fsp3) is 0.733. The molecule has 0 aliphatic carbocycles. The average molecular weight is 281 g/mol. The first-order chi connectivity index (χ1) is 9.77. The van der Waals surface area contributed by atoms with Crippen molar-refractivity contribution in [3.63, 3.8) is 0 Å². The summed E-state index contributed by atoms with van der Waals surface area (Å²) in [7, 11) is 0. The van der Waals surface area contributed by atoms with Gasteiger partial charge in [-0.1, -0.05) is 39.0 Å². The van der Waals surface area contributed by atoms with Gasteiger partial charge in [0.2, 0.25) is 0 Å². The normalized spacial score (nSPS) is 10.7. The van der Waals surface area contributed by atoms with Crippen molar-refractivity contribution in [2.75, 3.05) is 13.2 Å². The fourth-order valence-electron chi connectivity index (χ4n) is 1.98. The number of aromatic nitrogens is 2. The van der Waals surface area contributed by atoms with Gasteiger partial charge < -0.3 is 10.5 Å². The minimum Gasteiger partial charge on any atom is -0.492 e. The summed E-state index contributed by atoms with van der Waals surface area (Å²) in [5, 5.41) is 4.14. The maximum Gasteiger partial charge on any atom is 0.270 e. The number of nitrogens with two attached hydrogens (primary N) is 1. The van der Waals surface area contributed by atoms with E-state index < -0.39 is 0 Å². The molecule has 0 aliphatic heterocycles. The molecule has 2 N–H and O–H groups in total. The second-order valence-electron chi connectivity index (χ2n) is 5.01. The van der Waals surface area contributed by atoms with E-state index >= 15 is 0 Å². The van der Waals surface area contributed by atoms with E-state index in [2.05, 4.69) is 12.0 Å². The third kappa shape index (κ3) is 6.70. The molecule has 114 valence electrons. The molecule has 0 amide bonds. The largest absolute Gasteiger partial charge is 0.492 e. The lowest BCUT2D eigenvalue weighted by atomic mass is 10.1. The Labute approximate surface area is 121 Å². The van der Waals surface area contributed by atoms with E-state index in [1.165, 1.54) is 36.4 Å². The van der Waals surface area contributed by atoms with Crippen LogP contribution in [0.3, 0.4) is 0 Å². The smallest absolute Gasteiger partial charge is 0.270 e. The van der Waals surface area contributed by atoms with Gasteiger partial charge in [-0.25, -0.2) is 4.68 Å². The maximum absolute atomic E-state index is 11.8. The Balaban J connectivity index is 2.30. The summed E-state index contributed by atoms with van der Waals surface area (Å²) in [5.41, 5.74) is 5.29. The molecule has 0 atom stereocenters. The van der Waals surface area contributed by atoms with E-state index in [4.69, 9.17) is 10.5 Å². The van der Waals surface area contributed by atoms with Crippen LogP contribution in [0.5, 0.6) is 5.75 Å². The molecule has 0 saturated heterocycles. The number of rotatable bonds is 11. The number of nitrogens with zero attached hydrogens (tertiary/aromatic N) is 2. The Morgan fingerprint density at radius 2 is 1.95 bits per heavy atom. The van der Waals surface area contributed by atoms with Gasteiger partial charge in [0.15, 0.2) is 0 Å². The predicted molar refractivity (Wildman–Crippen MR) is 81.0 cm³/mol. The number of unbranched alkanes of at least 4 members (excludes halogenated alkanes) is 5. The first-order valence-electron chi connectivity index (χ1n) is 7.68. The summed E-state index contributed by atoms with van der Waals surface area (Å²) < 4.78 is 6.91. The van der Waals surface area contributed by atoms with Crippen LogP contribution < -0.4 is 16.0 Å². The lowest BCUT2D eigenvalue weighted by molar-refractivity contribution is 0.309. The van der Waals surface area contributed by atoms with Crippen LogP contribution in [0.15, 0.2) is 17.1 Å². The molecular weight excluding hydrogens is 254 g/mol. The summed E-state index contributed by atoms with van der Waals surface area (Å²) in [6, 6.07) is 1.50. The maximum atomic E-state index is 11.8. The van der Waals surface area contributed by atoms with Gasteiger partial charge in [0.25, 0.3) is 5.56 Å². The van der Waals surface area contributed by atoms with Crippen LogP contribution >= 0.6 is 0 Å². The van der Waals surface area contributed by atoms with Crippen LogP contribution in [-0.2, 0) is 6.54 Å². The van der Waals surface area contributed by atoms with Crippen molar-refractivity contribution in [3.05, 3.63) is 22.6 Å². The Bertz CT molecular complexity index is 418. The van der Waals surface area contributed by atoms with Gasteiger partial charge in [-0.2, -0.15) is 5.10 Å². The second-order valence-corrected chi connectivity index (χ2v) is 5.01. The number of hydrogen-bond acceptors (Lipinski definition) is 4. The number of aryl methyl sites for hydroxylation is 1. The monoisotopic (exact) mass is 281 g/mol. The summed E-state index contributed by atoms with van der Waals surface area (Å²) in [4.78, 5) is 11.8. The van der Waals surface area contributed by atoms with Crippen molar-refractivity contribution in [1.82, 2.24) is 9.78 Å². The zero-order chi connectivity index (χ0) is 14.6. The number of ether oxygens (including phenoxy) is 1. The van der Waals surface area contributed by atoms with Crippen LogP contribution in [0, 0.1) is 0 Å². The molecule has 20 heavy (non-hydrogen) atoms. The summed E-state index contributed by atoms with van der Waals surface area (Å²) in [5.74, 6) is 0.530. The Morgan fingerprint density at radius 1 is 1.20 bits per heavy atom. The minimum absolute atomic E-state index is 0.0937. The molecule has 0 aromatic carbocycles. The molecule has 0 bridgehead atoms. The van der Waals surface area contributed by atoms with E-state index in [1.807, 2.05) is 0 Å². The second kappa shape index (κ2) is 10.4. The first kappa shape index (κ1) is 16.7. The zero-order valence-corrected chi connectivity index (χ0v) is 12.5. The molecule has 1 rings (SSSR count). The molecule has 0 unspecified atom stereocenters. The van der Waals surface area contributed by atoms with E-state index in [-0.39, 0.29) is 5.56 Å². The van der Waals surface area contributed by atoms with Crippen molar-refractivity contribution in [2.24, 2.45) is 5.73 Å². The van der Waals surface area contributed by atoms with Gasteiger partial charge in [-0.05, 0) is 19.4 Å². The zero-order valence-electron chi connectivity index (χ0n) is 12.5. The molecule has 1 aromatic heterocycles. The van der Waals surface area contributed by atoms with Gasteiger partial charge >= 0.3 is 0 Å². The van der Waals surface area contributed by atoms with Crippen molar-refractivity contribution >= 4 is 0 Å².